The molecule has 1 amide bonds. The Balaban J connectivity index is 2.07. The van der Waals surface area contributed by atoms with E-state index in [4.69, 9.17) is 10.5 Å². The van der Waals surface area contributed by atoms with E-state index in [0.29, 0.717) is 18.7 Å². The van der Waals surface area contributed by atoms with Crippen molar-refractivity contribution in [1.82, 2.24) is 19.1 Å². The maximum absolute atomic E-state index is 13.5. The summed E-state index contributed by atoms with van der Waals surface area (Å²) in [5, 5.41) is 0. The van der Waals surface area contributed by atoms with E-state index in [1.807, 2.05) is 42.0 Å². The van der Waals surface area contributed by atoms with Crippen molar-refractivity contribution >= 4 is 40.2 Å². The molecule has 0 saturated heterocycles. The second-order valence-electron chi connectivity index (χ2n) is 7.22. The molecule has 0 aliphatic heterocycles. The Bertz CT molecular complexity index is 1220. The van der Waals surface area contributed by atoms with E-state index in [9.17, 15) is 14.4 Å². The van der Waals surface area contributed by atoms with Crippen LogP contribution in [0.2, 0.25) is 0 Å². The van der Waals surface area contributed by atoms with Gasteiger partial charge in [0.2, 0.25) is 5.91 Å². The normalized spacial score (nSPS) is 11.2. The molecule has 0 atom stereocenters. The highest BCUT2D eigenvalue weighted by Crippen LogP contribution is 2.21. The van der Waals surface area contributed by atoms with Crippen LogP contribution in [0.25, 0.3) is 11.0 Å². The number of carbonyl (C=O) groups is 1. The standard InChI is InChI=1S/C21H28N6O4S/c1-4-9-26-19(22)18(20(29)24-21(26)30)25(10-11-31-2)17(28)12-27-15-8-6-5-7-14(15)23-16(27)13-32-3/h5-8H,4,9-13,22H2,1-3H3,(H,24,29,30). The van der Waals surface area contributed by atoms with Gasteiger partial charge >= 0.3 is 5.69 Å². The van der Waals surface area contributed by atoms with E-state index < -0.39 is 11.2 Å². The summed E-state index contributed by atoms with van der Waals surface area (Å²) in [7, 11) is 1.51. The molecule has 3 aromatic rings. The summed E-state index contributed by atoms with van der Waals surface area (Å²) >= 11 is 1.60. The molecule has 2 heterocycles. The smallest absolute Gasteiger partial charge is 0.330 e. The fourth-order valence-electron chi connectivity index (χ4n) is 3.59. The maximum atomic E-state index is 13.5. The van der Waals surface area contributed by atoms with Crippen LogP contribution in [-0.4, -0.2) is 51.5 Å². The summed E-state index contributed by atoms with van der Waals surface area (Å²) in [6.07, 6.45) is 2.61. The number of rotatable bonds is 10. The first-order chi connectivity index (χ1) is 15.4. The van der Waals surface area contributed by atoms with Gasteiger partial charge in [-0.05, 0) is 24.8 Å². The van der Waals surface area contributed by atoms with Gasteiger partial charge in [0.05, 0.1) is 23.4 Å². The summed E-state index contributed by atoms with van der Waals surface area (Å²) < 4.78 is 8.28. The number of thioether (sulfide) groups is 1. The second-order valence-corrected chi connectivity index (χ2v) is 8.08. The quantitative estimate of drug-likeness (QED) is 0.468. The predicted octanol–water partition coefficient (Wildman–Crippen LogP) is 1.42. The van der Waals surface area contributed by atoms with Crippen LogP contribution in [0.4, 0.5) is 11.5 Å². The summed E-state index contributed by atoms with van der Waals surface area (Å²) in [4.78, 5) is 46.6. The van der Waals surface area contributed by atoms with E-state index in [2.05, 4.69) is 9.97 Å². The highest BCUT2D eigenvalue weighted by Gasteiger charge is 2.25. The minimum Gasteiger partial charge on any atom is -0.383 e. The number of H-pyrrole nitrogens is 1. The monoisotopic (exact) mass is 460 g/mol. The molecule has 2 aromatic heterocycles. The molecular formula is C21H28N6O4S. The number of fused-ring (bicyclic) bond motifs is 1. The lowest BCUT2D eigenvalue weighted by Crippen LogP contribution is -2.43. The number of nitrogens with two attached hydrogens (primary N) is 1. The minimum absolute atomic E-state index is 0.0358. The third-order valence-corrected chi connectivity index (χ3v) is 5.60. The van der Waals surface area contributed by atoms with Crippen molar-refractivity contribution in [3.05, 3.63) is 50.9 Å². The molecule has 172 valence electrons. The second kappa shape index (κ2) is 10.5. The molecule has 11 heteroatoms. The lowest BCUT2D eigenvalue weighted by atomic mass is 10.3. The van der Waals surface area contributed by atoms with Gasteiger partial charge in [-0.15, -0.1) is 0 Å². The average Bonchev–Trinajstić information content (AvgIpc) is 3.10. The van der Waals surface area contributed by atoms with E-state index >= 15 is 0 Å². The number of imidazole rings is 1. The highest BCUT2D eigenvalue weighted by molar-refractivity contribution is 7.97. The lowest BCUT2D eigenvalue weighted by molar-refractivity contribution is -0.119. The Hall–Kier alpha value is -3.05. The summed E-state index contributed by atoms with van der Waals surface area (Å²) in [5.41, 5.74) is 6.48. The van der Waals surface area contributed by atoms with Crippen molar-refractivity contribution in [3.8, 4) is 0 Å². The number of nitrogens with one attached hydrogen (secondary N) is 1. The first-order valence-electron chi connectivity index (χ1n) is 10.3. The van der Waals surface area contributed by atoms with Gasteiger partial charge in [0.25, 0.3) is 5.56 Å². The zero-order valence-corrected chi connectivity index (χ0v) is 19.3. The maximum Gasteiger partial charge on any atom is 0.330 e. The van der Waals surface area contributed by atoms with Gasteiger partial charge in [0, 0.05) is 20.2 Å². The number of hydrogen-bond acceptors (Lipinski definition) is 7. The number of ether oxygens (including phenoxy) is 1. The van der Waals surface area contributed by atoms with Crippen LogP contribution in [0.5, 0.6) is 0 Å². The van der Waals surface area contributed by atoms with Crippen LogP contribution in [-0.2, 0) is 28.4 Å². The molecule has 3 rings (SSSR count). The summed E-state index contributed by atoms with van der Waals surface area (Å²) in [6.45, 7) is 2.48. The molecule has 0 radical (unpaired) electrons. The lowest BCUT2D eigenvalue weighted by Gasteiger charge is -2.25. The molecule has 32 heavy (non-hydrogen) atoms. The fraction of sp³-hybridized carbons (Fsp3) is 0.429. The van der Waals surface area contributed by atoms with Crippen molar-refractivity contribution in [1.29, 1.82) is 0 Å². The fourth-order valence-corrected chi connectivity index (χ4v) is 4.07. The molecule has 0 saturated carbocycles. The van der Waals surface area contributed by atoms with Gasteiger partial charge in [-0.3, -0.25) is 19.1 Å². The number of aromatic nitrogens is 4. The number of hydrogen-bond donors (Lipinski definition) is 2. The van der Waals surface area contributed by atoms with Gasteiger partial charge in [-0.25, -0.2) is 9.78 Å². The molecule has 0 aliphatic rings. The number of aromatic amines is 1. The number of methoxy groups -OCH3 is 1. The summed E-state index contributed by atoms with van der Waals surface area (Å²) in [6, 6.07) is 7.58. The van der Waals surface area contributed by atoms with Crippen LogP contribution in [0.3, 0.4) is 0 Å². The number of benzene rings is 1. The summed E-state index contributed by atoms with van der Waals surface area (Å²) in [5.74, 6) is 0.998. The molecule has 10 nitrogen and oxygen atoms in total. The van der Waals surface area contributed by atoms with E-state index in [0.717, 1.165) is 16.9 Å². The zero-order chi connectivity index (χ0) is 23.3. The molecule has 0 bridgehead atoms. The topological polar surface area (TPSA) is 128 Å². The van der Waals surface area contributed by atoms with Crippen molar-refractivity contribution < 1.29 is 9.53 Å². The predicted molar refractivity (Wildman–Crippen MR) is 127 cm³/mol. The minimum atomic E-state index is -0.705. The van der Waals surface area contributed by atoms with Crippen LogP contribution in [0, 0.1) is 0 Å². The SMILES string of the molecule is CCCn1c(N)c(N(CCOC)C(=O)Cn2c(CSC)nc3ccccc32)c(=O)[nH]c1=O. The van der Waals surface area contributed by atoms with Gasteiger partial charge in [-0.1, -0.05) is 19.1 Å². The average molecular weight is 461 g/mol. The molecule has 1 aromatic carbocycles. The molecule has 0 spiro atoms. The molecule has 0 fully saturated rings. The van der Waals surface area contributed by atoms with Crippen molar-refractivity contribution in [3.63, 3.8) is 0 Å². The Kier molecular flexibility index (Phi) is 7.75. The number of anilines is 2. The van der Waals surface area contributed by atoms with E-state index in [1.165, 1.54) is 16.6 Å². The first kappa shape index (κ1) is 23.6. The molecule has 3 N–H and O–H groups in total. The highest BCUT2D eigenvalue weighted by atomic mass is 32.2. The van der Waals surface area contributed by atoms with Crippen LogP contribution in [0.1, 0.15) is 19.2 Å². The van der Waals surface area contributed by atoms with Gasteiger partial charge in [-0.2, -0.15) is 11.8 Å². The van der Waals surface area contributed by atoms with Crippen molar-refractivity contribution in [2.24, 2.45) is 0 Å². The third kappa shape index (κ3) is 4.73. The van der Waals surface area contributed by atoms with Crippen molar-refractivity contribution in [2.45, 2.75) is 32.2 Å². The van der Waals surface area contributed by atoms with Gasteiger partial charge < -0.3 is 19.9 Å². The first-order valence-corrected chi connectivity index (χ1v) is 11.7. The number of nitrogens with zero attached hydrogens (tertiary/aromatic N) is 4. The van der Waals surface area contributed by atoms with Crippen LogP contribution < -0.4 is 21.9 Å². The molecular weight excluding hydrogens is 432 g/mol. The molecule has 0 aliphatic carbocycles. The van der Waals surface area contributed by atoms with Crippen LogP contribution in [0.15, 0.2) is 33.9 Å². The number of carbonyl (C=O) groups excluding carboxylic acids is 1. The third-order valence-electron chi connectivity index (χ3n) is 5.05. The zero-order valence-electron chi connectivity index (χ0n) is 18.5. The number of nitrogen functional groups attached to an aromatic ring is 1. The molecule has 0 unspecified atom stereocenters. The Labute approximate surface area is 189 Å². The number of para-hydroxylation sites is 2. The van der Waals surface area contributed by atoms with E-state index in [-0.39, 0.29) is 37.1 Å². The van der Waals surface area contributed by atoms with E-state index in [1.54, 1.807) is 11.8 Å². The Morgan fingerprint density at radius 3 is 2.72 bits per heavy atom. The van der Waals surface area contributed by atoms with Crippen LogP contribution >= 0.6 is 11.8 Å². The Morgan fingerprint density at radius 2 is 2.03 bits per heavy atom. The van der Waals surface area contributed by atoms with Gasteiger partial charge in [0.1, 0.15) is 18.2 Å². The van der Waals surface area contributed by atoms with Crippen molar-refractivity contribution in [2.75, 3.05) is 37.2 Å². The number of amides is 1. The largest absolute Gasteiger partial charge is 0.383 e. The van der Waals surface area contributed by atoms with Gasteiger partial charge in [0.15, 0.2) is 5.69 Å². The Morgan fingerprint density at radius 1 is 1.28 bits per heavy atom.